The summed E-state index contributed by atoms with van der Waals surface area (Å²) in [7, 11) is 0. The molecule has 6 N–H and O–H groups in total. The van der Waals surface area contributed by atoms with Gasteiger partial charge >= 0.3 is 0 Å². The molecule has 13 nitrogen and oxygen atoms in total. The molecule has 4 unspecified atom stereocenters. The zero-order valence-corrected chi connectivity index (χ0v) is 19.6. The van der Waals surface area contributed by atoms with Crippen LogP contribution in [-0.4, -0.2) is 93.5 Å². The minimum Gasteiger partial charge on any atom is -0.394 e. The lowest BCUT2D eigenvalue weighted by atomic mass is 10.0. The fourth-order valence-electron chi connectivity index (χ4n) is 3.75. The van der Waals surface area contributed by atoms with Crippen molar-refractivity contribution < 1.29 is 30.3 Å². The van der Waals surface area contributed by atoms with Crippen molar-refractivity contribution in [1.82, 2.24) is 30.2 Å². The molecule has 2 aromatic heterocycles. The van der Waals surface area contributed by atoms with Crippen molar-refractivity contribution in [1.29, 1.82) is 0 Å². The maximum atomic E-state index is 12.2. The number of nitrogens with one attached hydrogen (secondary N) is 1. The number of aromatic nitrogens is 5. The van der Waals surface area contributed by atoms with Crippen LogP contribution < -0.4 is 5.43 Å². The number of aliphatic hydroxyl groups is 5. The third kappa shape index (κ3) is 6.22. The Bertz CT molecular complexity index is 1360. The van der Waals surface area contributed by atoms with E-state index < -0.39 is 36.9 Å². The Morgan fingerprint density at radius 1 is 1.03 bits per heavy atom. The van der Waals surface area contributed by atoms with E-state index in [1.165, 1.54) is 0 Å². The molecule has 37 heavy (non-hydrogen) atoms. The van der Waals surface area contributed by atoms with Crippen molar-refractivity contribution in [2.45, 2.75) is 37.5 Å². The van der Waals surface area contributed by atoms with E-state index in [0.717, 1.165) is 33.2 Å². The number of carbonyl (C=O) groups is 1. The molecule has 0 aliphatic heterocycles. The van der Waals surface area contributed by atoms with Crippen LogP contribution in [0.3, 0.4) is 0 Å². The molecule has 0 bridgehead atoms. The van der Waals surface area contributed by atoms with E-state index in [0.29, 0.717) is 12.4 Å². The summed E-state index contributed by atoms with van der Waals surface area (Å²) < 4.78 is 2.07. The van der Waals surface area contributed by atoms with Gasteiger partial charge in [-0.25, -0.2) is 5.43 Å². The van der Waals surface area contributed by atoms with Crippen molar-refractivity contribution in [3.8, 4) is 11.3 Å². The van der Waals surface area contributed by atoms with Crippen molar-refractivity contribution in [2.75, 3.05) is 6.61 Å². The number of para-hydroxylation sites is 1. The second-order valence-electron chi connectivity index (χ2n) is 8.31. The van der Waals surface area contributed by atoms with Crippen LogP contribution >= 0.6 is 0 Å². The van der Waals surface area contributed by atoms with Gasteiger partial charge in [0.05, 0.1) is 19.4 Å². The van der Waals surface area contributed by atoms with Gasteiger partial charge in [-0.15, -0.1) is 10.2 Å². The number of rotatable bonds is 11. The number of benzene rings is 2. The molecule has 0 aliphatic carbocycles. The van der Waals surface area contributed by atoms with Crippen LogP contribution in [-0.2, 0) is 17.9 Å². The maximum absolute atomic E-state index is 12.2. The van der Waals surface area contributed by atoms with Crippen molar-refractivity contribution >= 4 is 23.0 Å². The minimum atomic E-state index is -1.83. The van der Waals surface area contributed by atoms with Crippen LogP contribution in [0.2, 0.25) is 0 Å². The van der Waals surface area contributed by atoms with E-state index in [1.807, 2.05) is 54.6 Å². The number of amides is 1. The second-order valence-corrected chi connectivity index (χ2v) is 8.31. The lowest BCUT2D eigenvalue weighted by molar-refractivity contribution is -0.122. The number of hydrogen-bond donors (Lipinski definition) is 6. The largest absolute Gasteiger partial charge is 0.394 e. The Labute approximate surface area is 210 Å². The molecule has 1 amide bonds. The van der Waals surface area contributed by atoms with Crippen LogP contribution in [0.1, 0.15) is 5.82 Å². The number of nitrogens with zero attached hydrogens (tertiary/aromatic N) is 6. The number of hydrogen-bond acceptors (Lipinski definition) is 10. The number of tetrazole rings is 1. The monoisotopic (exact) mass is 509 g/mol. The summed E-state index contributed by atoms with van der Waals surface area (Å²) in [6, 6.07) is 20.0. The quantitative estimate of drug-likeness (QED) is 0.107. The third-order valence-corrected chi connectivity index (χ3v) is 5.66. The molecule has 2 heterocycles. The number of hydrazone groups is 1. The van der Waals surface area contributed by atoms with Gasteiger partial charge in [0.15, 0.2) is 5.82 Å². The van der Waals surface area contributed by atoms with Gasteiger partial charge in [0, 0.05) is 16.6 Å². The van der Waals surface area contributed by atoms with Gasteiger partial charge in [0.25, 0.3) is 5.91 Å². The third-order valence-electron chi connectivity index (χ3n) is 5.66. The summed E-state index contributed by atoms with van der Waals surface area (Å²) in [6.07, 6.45) is -6.21. The van der Waals surface area contributed by atoms with Gasteiger partial charge in [-0.3, -0.25) is 4.79 Å². The molecular weight excluding hydrogens is 482 g/mol. The van der Waals surface area contributed by atoms with Gasteiger partial charge in [0.1, 0.15) is 31.0 Å². The van der Waals surface area contributed by atoms with E-state index in [-0.39, 0.29) is 6.54 Å². The molecule has 4 atom stereocenters. The molecule has 13 heteroatoms. The maximum Gasteiger partial charge on any atom is 0.263 e. The topological polar surface area (TPSA) is 191 Å². The SMILES string of the molecule is O=C(Cn1nnc(Cn2c(-c3ccccc3)cc3ccccc32)n1)N/N=C/C(O)C(O)C(O)C(O)CO. The summed E-state index contributed by atoms with van der Waals surface area (Å²) in [5, 5.41) is 64.1. The fraction of sp³-hybridized carbons (Fsp3) is 0.292. The first-order chi connectivity index (χ1) is 17.9. The van der Waals surface area contributed by atoms with Gasteiger partial charge in [-0.1, -0.05) is 48.5 Å². The van der Waals surface area contributed by atoms with Gasteiger partial charge in [-0.05, 0) is 22.9 Å². The van der Waals surface area contributed by atoms with E-state index in [9.17, 15) is 25.2 Å². The van der Waals surface area contributed by atoms with Gasteiger partial charge in [0.2, 0.25) is 0 Å². The predicted octanol–water partition coefficient (Wildman–Crippen LogP) is -1.12. The van der Waals surface area contributed by atoms with Crippen LogP contribution in [0.15, 0.2) is 65.8 Å². The molecular formula is C24H27N7O6. The highest BCUT2D eigenvalue weighted by molar-refractivity contribution is 5.87. The molecule has 4 rings (SSSR count). The highest BCUT2D eigenvalue weighted by Crippen LogP contribution is 2.28. The number of fused-ring (bicyclic) bond motifs is 1. The van der Waals surface area contributed by atoms with Crippen molar-refractivity contribution in [3.05, 3.63) is 66.5 Å². The second kappa shape index (κ2) is 11.8. The molecule has 4 aromatic rings. The first-order valence-electron chi connectivity index (χ1n) is 11.4. The van der Waals surface area contributed by atoms with Gasteiger partial charge in [-0.2, -0.15) is 9.90 Å². The summed E-state index contributed by atoms with van der Waals surface area (Å²) in [6.45, 7) is -0.795. The summed E-state index contributed by atoms with van der Waals surface area (Å²) in [5.74, 6) is -0.237. The molecule has 0 aliphatic rings. The fourth-order valence-corrected chi connectivity index (χ4v) is 3.75. The van der Waals surface area contributed by atoms with E-state index in [4.69, 9.17) is 5.11 Å². The minimum absolute atomic E-state index is 0.313. The number of carbonyl (C=O) groups excluding carboxylic acids is 1. The molecule has 0 saturated heterocycles. The predicted molar refractivity (Wildman–Crippen MR) is 132 cm³/mol. The molecule has 0 saturated carbocycles. The average molecular weight is 510 g/mol. The molecule has 2 aromatic carbocycles. The molecule has 194 valence electrons. The molecule has 0 fully saturated rings. The van der Waals surface area contributed by atoms with Crippen molar-refractivity contribution in [3.63, 3.8) is 0 Å². The summed E-state index contributed by atoms with van der Waals surface area (Å²) in [5.41, 5.74) is 5.17. The lowest BCUT2D eigenvalue weighted by Gasteiger charge is -2.23. The van der Waals surface area contributed by atoms with Crippen LogP contribution in [0.25, 0.3) is 22.2 Å². The normalized spacial score (nSPS) is 15.1. The van der Waals surface area contributed by atoms with Crippen LogP contribution in [0.4, 0.5) is 0 Å². The molecule has 0 radical (unpaired) electrons. The smallest absolute Gasteiger partial charge is 0.263 e. The van der Waals surface area contributed by atoms with E-state index in [2.05, 4.69) is 36.6 Å². The van der Waals surface area contributed by atoms with E-state index in [1.54, 1.807) is 0 Å². The Morgan fingerprint density at radius 3 is 2.51 bits per heavy atom. The number of aliphatic hydroxyl groups excluding tert-OH is 5. The lowest BCUT2D eigenvalue weighted by Crippen LogP contribution is -2.46. The Kier molecular flexibility index (Phi) is 8.32. The van der Waals surface area contributed by atoms with Crippen LogP contribution in [0, 0.1) is 0 Å². The standard InChI is InChI=1S/C24H27N7O6/c32-14-20(34)24(37)23(36)19(33)11-25-27-22(35)13-31-28-21(26-29-31)12-30-17-9-5-4-8-16(17)10-18(30)15-6-2-1-3-7-15/h1-11,19-20,23-24,32-34,36-37H,12-14H2,(H,27,35)/b25-11+. The Hall–Kier alpha value is -4.01. The van der Waals surface area contributed by atoms with Gasteiger partial charge < -0.3 is 30.1 Å². The zero-order chi connectivity index (χ0) is 26.4. The Morgan fingerprint density at radius 2 is 1.76 bits per heavy atom. The van der Waals surface area contributed by atoms with E-state index >= 15 is 0 Å². The molecule has 0 spiro atoms. The highest BCUT2D eigenvalue weighted by Gasteiger charge is 2.29. The highest BCUT2D eigenvalue weighted by atomic mass is 16.4. The van der Waals surface area contributed by atoms with Crippen LogP contribution in [0.5, 0.6) is 0 Å². The summed E-state index contributed by atoms with van der Waals surface area (Å²) in [4.78, 5) is 13.3. The zero-order valence-electron chi connectivity index (χ0n) is 19.6. The Balaban J connectivity index is 1.40. The summed E-state index contributed by atoms with van der Waals surface area (Å²) >= 11 is 0. The average Bonchev–Trinajstić information content (AvgIpc) is 3.52. The first-order valence-corrected chi connectivity index (χ1v) is 11.4. The van der Waals surface area contributed by atoms with Crippen molar-refractivity contribution in [2.24, 2.45) is 5.10 Å². The first kappa shape index (κ1) is 26.1.